The van der Waals surface area contributed by atoms with Crippen LogP contribution in [0.2, 0.25) is 0 Å². The fourth-order valence-electron chi connectivity index (χ4n) is 3.40. The van der Waals surface area contributed by atoms with Crippen LogP contribution in [0.15, 0.2) is 29.3 Å². The van der Waals surface area contributed by atoms with Gasteiger partial charge in [0.1, 0.15) is 5.60 Å². The molecule has 1 aliphatic rings. The predicted octanol–water partition coefficient (Wildman–Crippen LogP) is 2.54. The van der Waals surface area contributed by atoms with Gasteiger partial charge in [-0.25, -0.2) is 4.79 Å². The highest BCUT2D eigenvalue weighted by Gasteiger charge is 2.35. The number of hydrogen-bond acceptors (Lipinski definition) is 8. The summed E-state index contributed by atoms with van der Waals surface area (Å²) in [5.41, 5.74) is 1.10. The van der Waals surface area contributed by atoms with Crippen LogP contribution in [0.25, 0.3) is 5.57 Å². The van der Waals surface area contributed by atoms with Crippen LogP contribution < -0.4 is 5.32 Å². The summed E-state index contributed by atoms with van der Waals surface area (Å²) in [4.78, 5) is 36.3. The lowest BCUT2D eigenvalue weighted by Gasteiger charge is -2.24. The Kier molecular flexibility index (Phi) is 9.11. The molecule has 0 spiro atoms. The Labute approximate surface area is 192 Å². The zero-order valence-corrected chi connectivity index (χ0v) is 19.9. The van der Waals surface area contributed by atoms with Gasteiger partial charge >= 0.3 is 6.09 Å². The Morgan fingerprint density at radius 2 is 2.09 bits per heavy atom. The van der Waals surface area contributed by atoms with Gasteiger partial charge in [0, 0.05) is 30.9 Å². The van der Waals surface area contributed by atoms with Crippen molar-refractivity contribution in [3.05, 3.63) is 35.5 Å². The molecule has 1 aromatic carbocycles. The molecule has 1 saturated heterocycles. The van der Waals surface area contributed by atoms with Gasteiger partial charge in [0.2, 0.25) is 0 Å². The van der Waals surface area contributed by atoms with Gasteiger partial charge < -0.3 is 24.2 Å². The van der Waals surface area contributed by atoms with Gasteiger partial charge in [-0.3, -0.25) is 9.59 Å². The standard InChI is InChI=1S/C22H31N3O6S/c1-16(11-24(5)14-30-15-27)20-17(13-26)7-6-8-19(20)32(29)25-10-9-18(12-25)23-21(28)31-22(2,3)4/h6-8,11,13,15,18H,9-10,12,14H2,1-5H3,(H,23,28)/b16-11-. The maximum Gasteiger partial charge on any atom is 0.407 e. The molecular weight excluding hydrogens is 434 g/mol. The number of carbonyl (C=O) groups excluding carboxylic acids is 3. The summed E-state index contributed by atoms with van der Waals surface area (Å²) in [5.74, 6) is 0. The Bertz CT molecular complexity index is 855. The quantitative estimate of drug-likeness (QED) is 0.336. The number of rotatable bonds is 9. The zero-order chi connectivity index (χ0) is 23.9. The smallest absolute Gasteiger partial charge is 0.407 e. The number of nitrogens with zero attached hydrogens (tertiary/aromatic N) is 2. The number of allylic oxidation sites excluding steroid dienone is 1. The summed E-state index contributed by atoms with van der Waals surface area (Å²) in [7, 11) is 1.72. The first-order valence-electron chi connectivity index (χ1n) is 10.2. The molecule has 10 heteroatoms. The largest absolute Gasteiger partial charge is 0.593 e. The minimum atomic E-state index is -1.54. The summed E-state index contributed by atoms with van der Waals surface area (Å²) < 4.78 is 25.2. The van der Waals surface area contributed by atoms with Gasteiger partial charge in [0.05, 0.1) is 23.9 Å². The van der Waals surface area contributed by atoms with Crippen molar-refractivity contribution >= 4 is 35.8 Å². The third kappa shape index (κ3) is 7.25. The molecule has 176 valence electrons. The van der Waals surface area contributed by atoms with Gasteiger partial charge in [-0.2, -0.15) is 0 Å². The first kappa shape index (κ1) is 25.7. The molecule has 2 unspecified atom stereocenters. The Morgan fingerprint density at radius 1 is 1.38 bits per heavy atom. The van der Waals surface area contributed by atoms with Crippen LogP contribution in [0.1, 0.15) is 50.0 Å². The molecular formula is C22H31N3O6S. The van der Waals surface area contributed by atoms with Crippen LogP contribution >= 0.6 is 0 Å². The topological polar surface area (TPSA) is 111 Å². The predicted molar refractivity (Wildman–Crippen MR) is 121 cm³/mol. The summed E-state index contributed by atoms with van der Waals surface area (Å²) in [6, 6.07) is 4.90. The van der Waals surface area contributed by atoms with Crippen LogP contribution in [-0.2, 0) is 25.6 Å². The van der Waals surface area contributed by atoms with Gasteiger partial charge in [-0.15, -0.1) is 4.31 Å². The van der Waals surface area contributed by atoms with Gasteiger partial charge in [-0.05, 0) is 45.8 Å². The minimum absolute atomic E-state index is 0.0483. The highest BCUT2D eigenvalue weighted by atomic mass is 32.2. The SMILES string of the molecule is C/C(=C/N(C)COC=O)c1c(C=O)cccc1[S+]([O-])N1CCC(NC(=O)OC(C)(C)C)C1. The van der Waals surface area contributed by atoms with E-state index in [1.165, 1.54) is 0 Å². The van der Waals surface area contributed by atoms with E-state index in [-0.39, 0.29) is 12.8 Å². The lowest BCUT2D eigenvalue weighted by molar-refractivity contribution is -0.131. The van der Waals surface area contributed by atoms with Crippen LogP contribution in [0.4, 0.5) is 4.79 Å². The van der Waals surface area contributed by atoms with Gasteiger partial charge in [-0.1, -0.05) is 12.1 Å². The maximum absolute atomic E-state index is 13.4. The molecule has 1 amide bonds. The van der Waals surface area contributed by atoms with Gasteiger partial charge in [0.25, 0.3) is 6.47 Å². The third-order valence-electron chi connectivity index (χ3n) is 4.63. The zero-order valence-electron chi connectivity index (χ0n) is 19.1. The molecule has 1 heterocycles. The molecule has 0 bridgehead atoms. The average molecular weight is 466 g/mol. The molecule has 2 rings (SSSR count). The average Bonchev–Trinajstić information content (AvgIpc) is 3.17. The van der Waals surface area contributed by atoms with Crippen molar-refractivity contribution in [2.75, 3.05) is 26.9 Å². The third-order valence-corrected chi connectivity index (χ3v) is 6.15. The van der Waals surface area contributed by atoms with Crippen LogP contribution in [0.3, 0.4) is 0 Å². The van der Waals surface area contributed by atoms with E-state index in [0.717, 1.165) is 6.29 Å². The van der Waals surface area contributed by atoms with E-state index < -0.39 is 23.1 Å². The van der Waals surface area contributed by atoms with E-state index in [0.29, 0.717) is 47.6 Å². The molecule has 32 heavy (non-hydrogen) atoms. The maximum atomic E-state index is 13.4. The molecule has 9 nitrogen and oxygen atoms in total. The number of carbonyl (C=O) groups is 3. The molecule has 0 aliphatic carbocycles. The first-order chi connectivity index (χ1) is 15.1. The first-order valence-corrected chi connectivity index (χ1v) is 11.3. The van der Waals surface area contributed by atoms with Crippen molar-refractivity contribution in [3.63, 3.8) is 0 Å². The van der Waals surface area contributed by atoms with Crippen molar-refractivity contribution in [2.45, 2.75) is 50.7 Å². The molecule has 0 saturated carbocycles. The summed E-state index contributed by atoms with van der Waals surface area (Å²) in [5, 5.41) is 2.82. The van der Waals surface area contributed by atoms with Crippen molar-refractivity contribution in [2.24, 2.45) is 0 Å². The second kappa shape index (κ2) is 11.3. The number of benzene rings is 1. The molecule has 0 radical (unpaired) electrons. The van der Waals surface area contributed by atoms with Crippen LogP contribution in [-0.4, -0.2) is 71.1 Å². The van der Waals surface area contributed by atoms with Crippen molar-refractivity contribution in [3.8, 4) is 0 Å². The van der Waals surface area contributed by atoms with Gasteiger partial charge in [0.15, 0.2) is 17.9 Å². The number of amides is 1. The monoisotopic (exact) mass is 465 g/mol. The highest BCUT2D eigenvalue weighted by molar-refractivity contribution is 7.89. The summed E-state index contributed by atoms with van der Waals surface area (Å²) >= 11 is -1.54. The second-order valence-electron chi connectivity index (χ2n) is 8.57. The van der Waals surface area contributed by atoms with Crippen molar-refractivity contribution < 1.29 is 28.4 Å². The number of alkyl carbamates (subject to hydrolysis) is 1. The molecule has 1 N–H and O–H groups in total. The Morgan fingerprint density at radius 3 is 2.72 bits per heavy atom. The summed E-state index contributed by atoms with van der Waals surface area (Å²) in [6.45, 7) is 8.51. The molecule has 1 aliphatic heterocycles. The second-order valence-corrected chi connectivity index (χ2v) is 10.0. The number of hydrogen-bond donors (Lipinski definition) is 1. The van der Waals surface area contributed by atoms with Crippen molar-refractivity contribution in [1.82, 2.24) is 14.5 Å². The molecule has 0 aromatic heterocycles. The van der Waals surface area contributed by atoms with E-state index in [4.69, 9.17) is 9.47 Å². The normalized spacial score (nSPS) is 18.1. The van der Waals surface area contributed by atoms with E-state index in [1.54, 1.807) is 68.3 Å². The minimum Gasteiger partial charge on any atom is -0.593 e. The number of nitrogens with one attached hydrogen (secondary N) is 1. The van der Waals surface area contributed by atoms with Crippen LogP contribution in [0.5, 0.6) is 0 Å². The Balaban J connectivity index is 2.19. The van der Waals surface area contributed by atoms with Crippen LogP contribution in [0, 0.1) is 0 Å². The number of aldehydes is 1. The van der Waals surface area contributed by atoms with E-state index in [2.05, 4.69) is 5.32 Å². The Hall–Kier alpha value is -2.56. The van der Waals surface area contributed by atoms with Crippen molar-refractivity contribution in [1.29, 1.82) is 0 Å². The fourth-order valence-corrected chi connectivity index (χ4v) is 4.92. The number of ether oxygens (including phenoxy) is 2. The van der Waals surface area contributed by atoms with E-state index in [1.807, 2.05) is 0 Å². The summed E-state index contributed by atoms with van der Waals surface area (Å²) in [6.07, 6.45) is 2.59. The molecule has 1 aromatic rings. The lowest BCUT2D eigenvalue weighted by Crippen LogP contribution is -2.41. The molecule has 1 fully saturated rings. The molecule has 2 atom stereocenters. The lowest BCUT2D eigenvalue weighted by atomic mass is 10.0. The van der Waals surface area contributed by atoms with E-state index >= 15 is 0 Å². The van der Waals surface area contributed by atoms with E-state index in [9.17, 15) is 18.9 Å². The highest BCUT2D eigenvalue weighted by Crippen LogP contribution is 2.30. The fraction of sp³-hybridized carbons (Fsp3) is 0.500.